The van der Waals surface area contributed by atoms with E-state index in [1.54, 1.807) is 7.11 Å². The molecule has 0 spiro atoms. The molecule has 6 heteroatoms. The van der Waals surface area contributed by atoms with Crippen molar-refractivity contribution >= 4 is 17.9 Å². The number of aromatic nitrogens is 1. The van der Waals surface area contributed by atoms with Crippen molar-refractivity contribution in [3.05, 3.63) is 76.9 Å². The van der Waals surface area contributed by atoms with Gasteiger partial charge < -0.3 is 14.4 Å². The zero-order valence-corrected chi connectivity index (χ0v) is 22.4. The lowest BCUT2D eigenvalue weighted by Crippen LogP contribution is -2.30. The summed E-state index contributed by atoms with van der Waals surface area (Å²) in [5.74, 6) is 3.32. The number of pyridine rings is 1. The van der Waals surface area contributed by atoms with Gasteiger partial charge >= 0.3 is 0 Å². The monoisotopic (exact) mass is 488 g/mol. The molecule has 3 aromatic rings. The topological polar surface area (TPSA) is 59.0 Å². The summed E-state index contributed by atoms with van der Waals surface area (Å²) in [5, 5.41) is 4.41. The number of nitrogens with one attached hydrogen (secondary N) is 1. The first kappa shape index (κ1) is 27.1. The van der Waals surface area contributed by atoms with Gasteiger partial charge in [-0.15, -0.1) is 0 Å². The fourth-order valence-corrected chi connectivity index (χ4v) is 4.15. The first-order valence-electron chi connectivity index (χ1n) is 13.0. The molecule has 0 amide bonds. The third-order valence-corrected chi connectivity index (χ3v) is 6.03. The Morgan fingerprint density at radius 1 is 1.00 bits per heavy atom. The highest BCUT2D eigenvalue weighted by Gasteiger charge is 2.14. The van der Waals surface area contributed by atoms with Gasteiger partial charge in [-0.05, 0) is 55.9 Å². The smallest absolute Gasteiger partial charge is 0.152 e. The number of ether oxygens (including phenoxy) is 2. The summed E-state index contributed by atoms with van der Waals surface area (Å²) in [6, 6.07) is 18.5. The van der Waals surface area contributed by atoms with E-state index in [1.807, 2.05) is 51.3 Å². The largest absolute Gasteiger partial charge is 0.496 e. The zero-order chi connectivity index (χ0) is 25.8. The molecule has 0 atom stereocenters. The van der Waals surface area contributed by atoms with Crippen LogP contribution in [0.4, 0.5) is 11.6 Å². The lowest BCUT2D eigenvalue weighted by Gasteiger charge is -2.28. The molecule has 2 heterocycles. The van der Waals surface area contributed by atoms with Gasteiger partial charge in [0.05, 0.1) is 19.9 Å². The second-order valence-electron chi connectivity index (χ2n) is 8.78. The molecule has 0 bridgehead atoms. The Balaban J connectivity index is 0.00000176. The maximum atomic E-state index is 6.17. The first-order chi connectivity index (χ1) is 17.6. The highest BCUT2D eigenvalue weighted by atomic mass is 16.5. The molecule has 1 aliphatic heterocycles. The van der Waals surface area contributed by atoms with Crippen LogP contribution in [0.1, 0.15) is 55.4 Å². The van der Waals surface area contributed by atoms with Crippen molar-refractivity contribution in [2.45, 2.75) is 53.4 Å². The number of aryl methyl sites for hydroxylation is 2. The Kier molecular flexibility index (Phi) is 10.6. The number of benzene rings is 2. The van der Waals surface area contributed by atoms with Crippen LogP contribution in [0.15, 0.2) is 59.7 Å². The fraction of sp³-hybridized carbons (Fsp3) is 0.400. The van der Waals surface area contributed by atoms with E-state index < -0.39 is 0 Å². The number of methoxy groups -OCH3 is 1. The van der Waals surface area contributed by atoms with Gasteiger partial charge in [-0.1, -0.05) is 55.8 Å². The van der Waals surface area contributed by atoms with Crippen molar-refractivity contribution in [3.8, 4) is 11.5 Å². The fourth-order valence-electron chi connectivity index (χ4n) is 4.15. The average Bonchev–Trinajstić information content (AvgIpc) is 2.91. The molecule has 1 aromatic heterocycles. The molecule has 1 saturated heterocycles. The average molecular weight is 489 g/mol. The van der Waals surface area contributed by atoms with Crippen LogP contribution in [-0.4, -0.2) is 38.0 Å². The predicted octanol–water partition coefficient (Wildman–Crippen LogP) is 6.79. The van der Waals surface area contributed by atoms with Crippen LogP contribution in [0.3, 0.4) is 0 Å². The Morgan fingerprint density at radius 2 is 1.81 bits per heavy atom. The van der Waals surface area contributed by atoms with E-state index in [0.29, 0.717) is 12.4 Å². The molecule has 0 unspecified atom stereocenters. The van der Waals surface area contributed by atoms with E-state index in [9.17, 15) is 0 Å². The van der Waals surface area contributed by atoms with Gasteiger partial charge in [0.2, 0.25) is 0 Å². The van der Waals surface area contributed by atoms with Crippen LogP contribution in [-0.2, 0) is 6.42 Å². The summed E-state index contributed by atoms with van der Waals surface area (Å²) in [7, 11) is 1.71. The summed E-state index contributed by atoms with van der Waals surface area (Å²) in [4.78, 5) is 7.14. The number of hydrogen-bond acceptors (Lipinski definition) is 6. The van der Waals surface area contributed by atoms with Gasteiger partial charge in [0.25, 0.3) is 0 Å². The van der Waals surface area contributed by atoms with Crippen molar-refractivity contribution in [1.29, 1.82) is 0 Å². The van der Waals surface area contributed by atoms with Gasteiger partial charge in [0.15, 0.2) is 5.82 Å². The summed E-state index contributed by atoms with van der Waals surface area (Å²) in [6.07, 6.45) is 6.27. The first-order valence-corrected chi connectivity index (χ1v) is 13.0. The third kappa shape index (κ3) is 8.01. The van der Waals surface area contributed by atoms with Gasteiger partial charge in [0, 0.05) is 31.6 Å². The molecule has 0 saturated carbocycles. The van der Waals surface area contributed by atoms with Crippen LogP contribution >= 0.6 is 0 Å². The molecule has 6 nitrogen and oxygen atoms in total. The Hall–Kier alpha value is -3.54. The third-order valence-electron chi connectivity index (χ3n) is 6.03. The van der Waals surface area contributed by atoms with Crippen LogP contribution in [0.5, 0.6) is 11.5 Å². The molecule has 1 fully saturated rings. The molecule has 0 aliphatic carbocycles. The summed E-state index contributed by atoms with van der Waals surface area (Å²) in [6.45, 7) is 10.7. The summed E-state index contributed by atoms with van der Waals surface area (Å²) in [5.41, 5.74) is 7.67. The van der Waals surface area contributed by atoms with Crippen molar-refractivity contribution < 1.29 is 9.47 Å². The minimum absolute atomic E-state index is 0.571. The number of nitrogens with zero attached hydrogens (tertiary/aromatic N) is 3. The van der Waals surface area contributed by atoms with Gasteiger partial charge in [-0.2, -0.15) is 5.10 Å². The second kappa shape index (κ2) is 14.1. The van der Waals surface area contributed by atoms with Crippen molar-refractivity contribution in [1.82, 2.24) is 4.98 Å². The minimum Gasteiger partial charge on any atom is -0.496 e. The van der Waals surface area contributed by atoms with E-state index in [-0.39, 0.29) is 0 Å². The number of hydrogen-bond donors (Lipinski definition) is 1. The van der Waals surface area contributed by atoms with Crippen molar-refractivity contribution in [3.63, 3.8) is 0 Å². The highest BCUT2D eigenvalue weighted by Crippen LogP contribution is 2.26. The maximum Gasteiger partial charge on any atom is 0.152 e. The SMILES string of the molecule is CC.COc1cc(CCOc2cc(N/N=C/c3cccc(C)c3)nc(N3CCCCC3)c2)ccc1C. The van der Waals surface area contributed by atoms with Crippen LogP contribution in [0.2, 0.25) is 0 Å². The number of anilines is 2. The molecule has 36 heavy (non-hydrogen) atoms. The predicted molar refractivity (Wildman–Crippen MR) is 151 cm³/mol. The van der Waals surface area contributed by atoms with Crippen molar-refractivity contribution in [2.24, 2.45) is 5.10 Å². The van der Waals surface area contributed by atoms with Crippen molar-refractivity contribution in [2.75, 3.05) is 37.1 Å². The van der Waals surface area contributed by atoms with E-state index >= 15 is 0 Å². The van der Waals surface area contributed by atoms with Gasteiger partial charge in [-0.3, -0.25) is 5.43 Å². The number of rotatable bonds is 9. The Morgan fingerprint density at radius 3 is 2.56 bits per heavy atom. The quantitative estimate of drug-likeness (QED) is 0.265. The van der Waals surface area contributed by atoms with E-state index in [2.05, 4.69) is 52.7 Å². The van der Waals surface area contributed by atoms with Gasteiger partial charge in [0.1, 0.15) is 17.3 Å². The van der Waals surface area contributed by atoms with Crippen LogP contribution in [0.25, 0.3) is 0 Å². The van der Waals surface area contributed by atoms with Crippen LogP contribution < -0.4 is 19.8 Å². The minimum atomic E-state index is 0.571. The van der Waals surface area contributed by atoms with Crippen LogP contribution in [0, 0.1) is 13.8 Å². The maximum absolute atomic E-state index is 6.17. The molecular formula is C30H40N4O2. The Labute approximate surface area is 216 Å². The normalized spacial score (nSPS) is 13.2. The molecule has 1 N–H and O–H groups in total. The van der Waals surface area contributed by atoms with E-state index in [4.69, 9.17) is 14.5 Å². The van der Waals surface area contributed by atoms with E-state index in [0.717, 1.165) is 48.0 Å². The lowest BCUT2D eigenvalue weighted by molar-refractivity contribution is 0.321. The second-order valence-corrected chi connectivity index (χ2v) is 8.78. The molecular weight excluding hydrogens is 448 g/mol. The molecule has 192 valence electrons. The molecule has 0 radical (unpaired) electrons. The summed E-state index contributed by atoms with van der Waals surface area (Å²) >= 11 is 0. The number of hydrazone groups is 1. The molecule has 4 rings (SSSR count). The lowest BCUT2D eigenvalue weighted by atomic mass is 10.1. The summed E-state index contributed by atoms with van der Waals surface area (Å²) < 4.78 is 11.6. The zero-order valence-electron chi connectivity index (χ0n) is 22.4. The van der Waals surface area contributed by atoms with E-state index in [1.165, 1.54) is 30.4 Å². The molecule has 1 aliphatic rings. The van der Waals surface area contributed by atoms with Gasteiger partial charge in [-0.25, -0.2) is 4.98 Å². The number of piperidine rings is 1. The highest BCUT2D eigenvalue weighted by molar-refractivity contribution is 5.80. The molecule has 2 aromatic carbocycles. The standard InChI is InChI=1S/C28H34N4O2.C2H6/c1-21-8-7-9-24(16-21)20-29-31-27-18-25(19-28(30-27)32-13-5-4-6-14-32)34-15-12-23-11-10-22(2)26(17-23)33-3;1-2/h7-11,16-20H,4-6,12-15H2,1-3H3,(H,30,31);1-2H3/b29-20+;. The Bertz CT molecular complexity index is 1120.